The molecule has 1 aromatic heterocycles. The van der Waals surface area contributed by atoms with Crippen LogP contribution in [0.1, 0.15) is 32.0 Å². The highest BCUT2D eigenvalue weighted by Gasteiger charge is 2.24. The number of pyridine rings is 1. The Morgan fingerprint density at radius 2 is 2.03 bits per heavy atom. The first-order valence-corrected chi connectivity index (χ1v) is 10.7. The molecule has 0 radical (unpaired) electrons. The van der Waals surface area contributed by atoms with Gasteiger partial charge >= 0.3 is 0 Å². The van der Waals surface area contributed by atoms with Crippen molar-refractivity contribution in [3.8, 4) is 0 Å². The second-order valence-corrected chi connectivity index (χ2v) is 8.35. The van der Waals surface area contributed by atoms with Gasteiger partial charge in [0.1, 0.15) is 12.4 Å². The van der Waals surface area contributed by atoms with Crippen LogP contribution in [0.4, 0.5) is 4.39 Å². The summed E-state index contributed by atoms with van der Waals surface area (Å²) in [5.74, 6) is 0.104. The quantitative estimate of drug-likeness (QED) is 0.456. The summed E-state index contributed by atoms with van der Waals surface area (Å²) in [6.07, 6.45) is 2.44. The van der Waals surface area contributed by atoms with Crippen LogP contribution in [0, 0.1) is 5.82 Å². The molecule has 2 rings (SSSR count). The molecule has 0 atom stereocenters. The molecule has 6 nitrogen and oxygen atoms in total. The Balaban J connectivity index is 1.93. The van der Waals surface area contributed by atoms with Gasteiger partial charge in [-0.05, 0) is 36.8 Å². The third-order valence-corrected chi connectivity index (χ3v) is 5.24. The summed E-state index contributed by atoms with van der Waals surface area (Å²) in [7, 11) is 1.76. The van der Waals surface area contributed by atoms with Crippen LogP contribution in [0.2, 0.25) is 5.02 Å². The fourth-order valence-electron chi connectivity index (χ4n) is 3.00. The molecule has 31 heavy (non-hydrogen) atoms. The first-order chi connectivity index (χ1) is 14.7. The number of nitrogens with one attached hydrogen (secondary N) is 2. The van der Waals surface area contributed by atoms with Gasteiger partial charge in [-0.3, -0.25) is 9.78 Å². The van der Waals surface area contributed by atoms with Gasteiger partial charge in [0.15, 0.2) is 5.96 Å². The summed E-state index contributed by atoms with van der Waals surface area (Å²) in [6, 6.07) is 10.2. The van der Waals surface area contributed by atoms with Gasteiger partial charge < -0.3 is 15.5 Å². The van der Waals surface area contributed by atoms with Crippen molar-refractivity contribution in [1.29, 1.82) is 0 Å². The Morgan fingerprint density at radius 3 is 2.68 bits per heavy atom. The zero-order valence-electron chi connectivity index (χ0n) is 18.6. The molecule has 0 aliphatic rings. The van der Waals surface area contributed by atoms with Crippen LogP contribution >= 0.6 is 11.6 Å². The van der Waals surface area contributed by atoms with Gasteiger partial charge in [-0.25, -0.2) is 9.38 Å². The molecule has 0 spiro atoms. The van der Waals surface area contributed by atoms with Gasteiger partial charge in [0.2, 0.25) is 5.91 Å². The average Bonchev–Trinajstić information content (AvgIpc) is 2.74. The lowest BCUT2D eigenvalue weighted by molar-refractivity contribution is -0.128. The summed E-state index contributed by atoms with van der Waals surface area (Å²) in [5.41, 5.74) is 1.41. The van der Waals surface area contributed by atoms with Gasteiger partial charge in [0.25, 0.3) is 0 Å². The highest BCUT2D eigenvalue weighted by Crippen LogP contribution is 2.29. The maximum atomic E-state index is 13.4. The summed E-state index contributed by atoms with van der Waals surface area (Å²) < 4.78 is 13.4. The topological polar surface area (TPSA) is 69.6 Å². The normalized spacial score (nSPS) is 11.9. The number of rotatable bonds is 9. The molecule has 1 amide bonds. The van der Waals surface area contributed by atoms with E-state index in [4.69, 9.17) is 11.6 Å². The number of hydrogen-bond donors (Lipinski definition) is 2. The van der Waals surface area contributed by atoms with E-state index < -0.39 is 0 Å². The van der Waals surface area contributed by atoms with Crippen molar-refractivity contribution in [2.75, 3.05) is 33.2 Å². The third kappa shape index (κ3) is 7.83. The maximum Gasteiger partial charge on any atom is 0.244 e. The fourth-order valence-corrected chi connectivity index (χ4v) is 3.42. The molecule has 8 heteroatoms. The monoisotopic (exact) mass is 447 g/mol. The molecule has 0 saturated carbocycles. The average molecular weight is 448 g/mol. The molecular weight excluding hydrogens is 417 g/mol. The minimum Gasteiger partial charge on any atom is -0.357 e. The zero-order valence-corrected chi connectivity index (χ0v) is 19.3. The molecule has 2 N–H and O–H groups in total. The van der Waals surface area contributed by atoms with E-state index >= 15 is 0 Å². The maximum absolute atomic E-state index is 13.4. The van der Waals surface area contributed by atoms with Crippen molar-refractivity contribution in [2.45, 2.75) is 32.6 Å². The molecule has 0 aliphatic heterocycles. The zero-order chi connectivity index (χ0) is 22.9. The number of benzene rings is 1. The summed E-state index contributed by atoms with van der Waals surface area (Å²) >= 11 is 6.23. The molecule has 1 heterocycles. The second kappa shape index (κ2) is 11.6. The van der Waals surface area contributed by atoms with Crippen molar-refractivity contribution in [3.05, 3.63) is 64.7 Å². The van der Waals surface area contributed by atoms with E-state index in [1.165, 1.54) is 12.1 Å². The largest absolute Gasteiger partial charge is 0.357 e. The minimum atomic E-state index is -0.371. The van der Waals surface area contributed by atoms with Crippen LogP contribution < -0.4 is 10.6 Å². The standard InChI is InChI=1S/C23H31ClFN5O/c1-5-26-22(29-16-23(2,3)19-10-9-17(25)14-20(19)24)28-15-21(31)30(4)13-11-18-8-6-7-12-27-18/h6-10,12,14H,5,11,13,15-16H2,1-4H3,(H2,26,28,29). The van der Waals surface area contributed by atoms with Crippen LogP contribution in [0.5, 0.6) is 0 Å². The van der Waals surface area contributed by atoms with Gasteiger partial charge in [0.05, 0.1) is 0 Å². The molecule has 0 unspecified atom stereocenters. The number of carbonyl (C=O) groups excluding carboxylic acids is 1. The van der Waals surface area contributed by atoms with Crippen molar-refractivity contribution < 1.29 is 9.18 Å². The highest BCUT2D eigenvalue weighted by molar-refractivity contribution is 6.31. The lowest BCUT2D eigenvalue weighted by Gasteiger charge is -2.27. The van der Waals surface area contributed by atoms with Crippen LogP contribution in [-0.2, 0) is 16.6 Å². The number of halogens is 2. The Hall–Kier alpha value is -2.67. The number of hydrogen-bond acceptors (Lipinski definition) is 3. The molecule has 1 aromatic carbocycles. The van der Waals surface area contributed by atoms with E-state index in [0.29, 0.717) is 37.0 Å². The Bertz CT molecular complexity index is 889. The summed E-state index contributed by atoms with van der Waals surface area (Å²) in [6.45, 7) is 7.76. The third-order valence-electron chi connectivity index (χ3n) is 4.93. The molecule has 2 aromatic rings. The molecule has 168 valence electrons. The van der Waals surface area contributed by atoms with Crippen LogP contribution in [0.3, 0.4) is 0 Å². The molecule has 0 aliphatic carbocycles. The number of guanidine groups is 1. The fraction of sp³-hybridized carbons (Fsp3) is 0.435. The lowest BCUT2D eigenvalue weighted by Crippen LogP contribution is -2.44. The second-order valence-electron chi connectivity index (χ2n) is 7.94. The van der Waals surface area contributed by atoms with E-state index in [2.05, 4.69) is 20.6 Å². The number of carbonyl (C=O) groups is 1. The number of likely N-dealkylation sites (N-methyl/N-ethyl adjacent to an activating group) is 1. The van der Waals surface area contributed by atoms with Gasteiger partial charge in [-0.2, -0.15) is 0 Å². The van der Waals surface area contributed by atoms with E-state index in [9.17, 15) is 9.18 Å². The number of amides is 1. The van der Waals surface area contributed by atoms with Crippen molar-refractivity contribution in [2.24, 2.45) is 4.99 Å². The van der Waals surface area contributed by atoms with Crippen LogP contribution in [0.15, 0.2) is 47.6 Å². The molecular formula is C23H31ClFN5O. The Kier molecular flexibility index (Phi) is 9.24. The van der Waals surface area contributed by atoms with Crippen molar-refractivity contribution in [1.82, 2.24) is 20.5 Å². The smallest absolute Gasteiger partial charge is 0.244 e. The predicted octanol–water partition coefficient (Wildman–Crippen LogP) is 3.41. The van der Waals surface area contributed by atoms with Gasteiger partial charge in [-0.1, -0.05) is 37.6 Å². The van der Waals surface area contributed by atoms with Crippen LogP contribution in [-0.4, -0.2) is 55.0 Å². The van der Waals surface area contributed by atoms with Crippen molar-refractivity contribution >= 4 is 23.5 Å². The minimum absolute atomic E-state index is 0.0335. The first kappa shape index (κ1) is 24.6. The van der Waals surface area contributed by atoms with Gasteiger partial charge in [-0.15, -0.1) is 0 Å². The van der Waals surface area contributed by atoms with Gasteiger partial charge in [0, 0.05) is 55.4 Å². The molecule has 0 bridgehead atoms. The first-order valence-electron chi connectivity index (χ1n) is 10.3. The SMILES string of the molecule is CCNC(=NCC(=O)N(C)CCc1ccccn1)NCC(C)(C)c1ccc(F)cc1Cl. The number of nitrogens with zero attached hydrogens (tertiary/aromatic N) is 3. The highest BCUT2D eigenvalue weighted by atomic mass is 35.5. The summed E-state index contributed by atoms with van der Waals surface area (Å²) in [4.78, 5) is 22.8. The van der Waals surface area contributed by atoms with Crippen LogP contribution in [0.25, 0.3) is 0 Å². The van der Waals surface area contributed by atoms with E-state index in [-0.39, 0.29) is 23.7 Å². The number of aliphatic imine (C=N–C) groups is 1. The van der Waals surface area contributed by atoms with E-state index in [1.54, 1.807) is 24.2 Å². The number of aromatic nitrogens is 1. The van der Waals surface area contributed by atoms with Crippen molar-refractivity contribution in [3.63, 3.8) is 0 Å². The Morgan fingerprint density at radius 1 is 1.26 bits per heavy atom. The van der Waals surface area contributed by atoms with E-state index in [0.717, 1.165) is 11.3 Å². The van der Waals surface area contributed by atoms with E-state index in [1.807, 2.05) is 39.0 Å². The Labute approximate surface area is 188 Å². The summed E-state index contributed by atoms with van der Waals surface area (Å²) in [5, 5.41) is 6.79. The predicted molar refractivity (Wildman–Crippen MR) is 124 cm³/mol. The molecule has 0 saturated heterocycles. The molecule has 0 fully saturated rings. The lowest BCUT2D eigenvalue weighted by atomic mass is 9.84.